The summed E-state index contributed by atoms with van der Waals surface area (Å²) in [5, 5.41) is 10.9. The highest BCUT2D eigenvalue weighted by atomic mass is 16.2. The maximum absolute atomic E-state index is 11.7. The van der Waals surface area contributed by atoms with Gasteiger partial charge >= 0.3 is 0 Å². The van der Waals surface area contributed by atoms with Gasteiger partial charge in [-0.25, -0.2) is 0 Å². The lowest BCUT2D eigenvalue weighted by Crippen LogP contribution is -2.21. The van der Waals surface area contributed by atoms with E-state index in [1.807, 2.05) is 78.9 Å². The van der Waals surface area contributed by atoms with Gasteiger partial charge in [-0.05, 0) is 56.1 Å². The summed E-state index contributed by atoms with van der Waals surface area (Å²) in [6, 6.07) is 27.9. The van der Waals surface area contributed by atoms with Gasteiger partial charge in [0.25, 0.3) is 0 Å². The maximum atomic E-state index is 11.7. The van der Waals surface area contributed by atoms with E-state index in [0.29, 0.717) is 0 Å². The molecule has 4 rings (SSSR count). The molecule has 0 aliphatic carbocycles. The van der Waals surface area contributed by atoms with Gasteiger partial charge in [0.1, 0.15) is 6.29 Å². The quantitative estimate of drug-likeness (QED) is 0.199. The van der Waals surface area contributed by atoms with Crippen molar-refractivity contribution in [1.29, 1.82) is 0 Å². The Kier molecular flexibility index (Phi) is 23.5. The van der Waals surface area contributed by atoms with Crippen LogP contribution in [0, 0.1) is 0 Å². The Labute approximate surface area is 255 Å². The third kappa shape index (κ3) is 22.7. The van der Waals surface area contributed by atoms with E-state index < -0.39 is 11.6 Å². The number of piperidine rings is 1. The van der Waals surface area contributed by atoms with Gasteiger partial charge in [0.2, 0.25) is 11.6 Å². The van der Waals surface area contributed by atoms with E-state index in [1.54, 1.807) is 31.2 Å². The minimum Gasteiger partial charge on any atom is -0.397 e. The fraction of sp³-hybridized carbons (Fsp3) is 0.250. The molecular weight excluding hydrogens is 542 g/mol. The number of Topliss-reactive ketones (excluding diaryl/α,β-unsaturated/α-hetero) is 2. The van der Waals surface area contributed by atoms with Crippen LogP contribution in [0.3, 0.4) is 0 Å². The molecule has 0 bridgehead atoms. The van der Waals surface area contributed by atoms with Gasteiger partial charge < -0.3 is 10.4 Å². The topological polar surface area (TPSA) is 118 Å². The van der Waals surface area contributed by atoms with Crippen LogP contribution < -0.4 is 5.32 Å². The van der Waals surface area contributed by atoms with E-state index in [0.717, 1.165) is 23.0 Å². The number of rotatable bonds is 7. The second-order valence-corrected chi connectivity index (χ2v) is 8.98. The summed E-state index contributed by atoms with van der Waals surface area (Å²) < 4.78 is 0. The third-order valence-corrected chi connectivity index (χ3v) is 5.33. The number of nitrogens with one attached hydrogen (secondary N) is 1. The first-order valence-corrected chi connectivity index (χ1v) is 14.1. The molecule has 0 amide bonds. The first-order valence-electron chi connectivity index (χ1n) is 14.1. The summed E-state index contributed by atoms with van der Waals surface area (Å²) in [5.74, 6) is -1.81. The van der Waals surface area contributed by atoms with Crippen LogP contribution in [-0.4, -0.2) is 54.2 Å². The molecular formula is C36H43NO6. The number of benzene rings is 3. The zero-order valence-corrected chi connectivity index (χ0v) is 25.3. The Balaban J connectivity index is 0.000000625. The lowest BCUT2D eigenvalue weighted by molar-refractivity contribution is -0.134. The number of hydrogen-bond acceptors (Lipinski definition) is 7. The number of aliphatic hydroxyl groups is 1. The number of aliphatic hydroxyl groups excluding tert-OH is 1. The summed E-state index contributed by atoms with van der Waals surface area (Å²) in [4.78, 5) is 52.9. The molecule has 7 heteroatoms. The first-order chi connectivity index (χ1) is 20.7. The summed E-state index contributed by atoms with van der Waals surface area (Å²) in [6.07, 6.45) is 10.9. The second kappa shape index (κ2) is 26.3. The monoisotopic (exact) mass is 585 g/mol. The van der Waals surface area contributed by atoms with E-state index in [9.17, 15) is 24.0 Å². The van der Waals surface area contributed by atoms with E-state index >= 15 is 0 Å². The van der Waals surface area contributed by atoms with Crippen molar-refractivity contribution in [1.82, 2.24) is 5.32 Å². The molecule has 7 nitrogen and oxygen atoms in total. The van der Waals surface area contributed by atoms with Crippen LogP contribution in [0.5, 0.6) is 0 Å². The predicted molar refractivity (Wildman–Crippen MR) is 174 cm³/mol. The van der Waals surface area contributed by atoms with Gasteiger partial charge in [-0.2, -0.15) is 0 Å². The van der Waals surface area contributed by atoms with Gasteiger partial charge in [-0.3, -0.25) is 24.0 Å². The number of hydrogen-bond donors (Lipinski definition) is 2. The summed E-state index contributed by atoms with van der Waals surface area (Å²) >= 11 is 0. The highest BCUT2D eigenvalue weighted by Crippen LogP contribution is 2.03. The van der Waals surface area contributed by atoms with Crippen LogP contribution in [0.4, 0.5) is 0 Å². The molecule has 1 aliphatic heterocycles. The van der Waals surface area contributed by atoms with Crippen molar-refractivity contribution in [3.63, 3.8) is 0 Å². The molecule has 1 saturated heterocycles. The van der Waals surface area contributed by atoms with Crippen molar-refractivity contribution < 1.29 is 29.1 Å². The van der Waals surface area contributed by atoms with Gasteiger partial charge in [0, 0.05) is 26.0 Å². The van der Waals surface area contributed by atoms with Crippen LogP contribution in [0.2, 0.25) is 0 Å². The summed E-state index contributed by atoms with van der Waals surface area (Å²) in [6.45, 7) is 6.94. The van der Waals surface area contributed by atoms with Gasteiger partial charge in [-0.1, -0.05) is 110 Å². The van der Waals surface area contributed by atoms with Crippen molar-refractivity contribution in [3.8, 4) is 0 Å². The Morgan fingerprint density at radius 3 is 1.16 bits per heavy atom. The van der Waals surface area contributed by atoms with Crippen molar-refractivity contribution in [2.24, 2.45) is 0 Å². The average molecular weight is 586 g/mol. The van der Waals surface area contributed by atoms with Crippen molar-refractivity contribution in [3.05, 3.63) is 120 Å². The maximum Gasteiger partial charge on any atom is 0.225 e. The minimum absolute atomic E-state index is 0.250. The smallest absolute Gasteiger partial charge is 0.225 e. The van der Waals surface area contributed by atoms with E-state index in [2.05, 4.69) is 5.32 Å². The molecule has 0 atom stereocenters. The van der Waals surface area contributed by atoms with Crippen LogP contribution in [0.1, 0.15) is 61.5 Å². The summed E-state index contributed by atoms with van der Waals surface area (Å²) in [7, 11) is 0. The van der Waals surface area contributed by atoms with Crippen molar-refractivity contribution in [2.75, 3.05) is 19.7 Å². The van der Waals surface area contributed by atoms with Crippen LogP contribution in [0.25, 0.3) is 12.2 Å². The summed E-state index contributed by atoms with van der Waals surface area (Å²) in [5.41, 5.74) is 2.51. The van der Waals surface area contributed by atoms with Gasteiger partial charge in [0.15, 0.2) is 11.6 Å². The van der Waals surface area contributed by atoms with Crippen LogP contribution >= 0.6 is 0 Å². The number of carbonyl (C=O) groups excluding carboxylic acids is 5. The van der Waals surface area contributed by atoms with E-state index in [1.165, 1.54) is 58.4 Å². The largest absolute Gasteiger partial charge is 0.397 e. The predicted octanol–water partition coefficient (Wildman–Crippen LogP) is 5.97. The molecule has 2 N–H and O–H groups in total. The normalized spacial score (nSPS) is 11.5. The number of ketones is 4. The van der Waals surface area contributed by atoms with Gasteiger partial charge in [-0.15, -0.1) is 0 Å². The average Bonchev–Trinajstić information content (AvgIpc) is 3.06. The SMILES string of the molecule is C1CCNCC1.CC(=O)C(C)=O.CCO.O=C(/C=C/c1ccccc1)C(=O)/C=C/c1ccccc1.O=Cc1ccccc1. The molecule has 3 aromatic rings. The molecule has 3 aromatic carbocycles. The Morgan fingerprint density at radius 2 is 0.953 bits per heavy atom. The lowest BCUT2D eigenvalue weighted by atomic mass is 10.1. The molecule has 1 fully saturated rings. The highest BCUT2D eigenvalue weighted by molar-refractivity contribution is 6.46. The second-order valence-electron chi connectivity index (χ2n) is 8.98. The third-order valence-electron chi connectivity index (χ3n) is 5.33. The molecule has 228 valence electrons. The zero-order chi connectivity index (χ0) is 32.1. The zero-order valence-electron chi connectivity index (χ0n) is 25.3. The molecule has 1 heterocycles. The number of allylic oxidation sites excluding steroid dienone is 2. The molecule has 43 heavy (non-hydrogen) atoms. The molecule has 0 aromatic heterocycles. The molecule has 0 spiro atoms. The Hall–Kier alpha value is -4.59. The first kappa shape index (κ1) is 38.4. The highest BCUT2D eigenvalue weighted by Gasteiger charge is 2.05. The Morgan fingerprint density at radius 1 is 0.628 bits per heavy atom. The minimum atomic E-state index is -0.527. The number of aldehydes is 1. The standard InChI is InChI=1S/C18H14O2.C7H6O.C5H11N.C4H6O2.C2H6O/c19-17(13-11-15-7-3-1-4-8-15)18(20)14-12-16-9-5-2-6-10-16;8-6-7-4-2-1-3-5-7;1-2-4-6-5-3-1;1-3(5)4(2)6;1-2-3/h1-14H;1-6H;6H,1-5H2;1-2H3;3H,2H2,1H3/b13-11+,14-12+;;;;. The van der Waals surface area contributed by atoms with E-state index in [4.69, 9.17) is 5.11 Å². The van der Waals surface area contributed by atoms with E-state index in [-0.39, 0.29) is 18.2 Å². The molecule has 0 unspecified atom stereocenters. The van der Waals surface area contributed by atoms with Crippen LogP contribution in [0.15, 0.2) is 103 Å². The fourth-order valence-corrected chi connectivity index (χ4v) is 2.97. The molecule has 0 radical (unpaired) electrons. The van der Waals surface area contributed by atoms with Gasteiger partial charge in [0.05, 0.1) is 0 Å². The molecule has 1 aliphatic rings. The van der Waals surface area contributed by atoms with Crippen LogP contribution in [-0.2, 0) is 19.2 Å². The fourth-order valence-electron chi connectivity index (χ4n) is 2.97. The lowest BCUT2D eigenvalue weighted by Gasteiger charge is -2.08. The van der Waals surface area contributed by atoms with Crippen molar-refractivity contribution >= 4 is 41.6 Å². The van der Waals surface area contributed by atoms with Crippen molar-refractivity contribution in [2.45, 2.75) is 40.0 Å². The Bertz CT molecular complexity index is 1170. The molecule has 0 saturated carbocycles. The number of carbonyl (C=O) groups is 5.